The van der Waals surface area contributed by atoms with Crippen LogP contribution >= 0.6 is 11.6 Å². The van der Waals surface area contributed by atoms with E-state index in [1.165, 1.54) is 0 Å². The van der Waals surface area contributed by atoms with Crippen LogP contribution < -0.4 is 5.73 Å². The molecule has 1 rings (SSSR count). The summed E-state index contributed by atoms with van der Waals surface area (Å²) in [7, 11) is 1.57. The lowest BCUT2D eigenvalue weighted by atomic mass is 10.3. The zero-order valence-electron chi connectivity index (χ0n) is 7.33. The quantitative estimate of drug-likeness (QED) is 0.596. The smallest absolute Gasteiger partial charge is 0.126 e. The summed E-state index contributed by atoms with van der Waals surface area (Å²) in [5.41, 5.74) is 6.32. The van der Waals surface area contributed by atoms with Crippen molar-refractivity contribution in [1.82, 2.24) is 0 Å². The third-order valence-corrected chi connectivity index (χ3v) is 1.64. The van der Waals surface area contributed by atoms with Crippen molar-refractivity contribution >= 4 is 23.1 Å². The van der Waals surface area contributed by atoms with E-state index < -0.39 is 0 Å². The average molecular weight is 199 g/mol. The van der Waals surface area contributed by atoms with Gasteiger partial charge in [-0.25, -0.2) is 4.99 Å². The van der Waals surface area contributed by atoms with Gasteiger partial charge in [0.15, 0.2) is 0 Å². The van der Waals surface area contributed by atoms with Crippen LogP contribution in [0.25, 0.3) is 0 Å². The predicted octanol–water partition coefficient (Wildman–Crippen LogP) is 1.98. The average Bonchev–Trinajstić information content (AvgIpc) is 2.09. The first-order chi connectivity index (χ1) is 6.22. The van der Waals surface area contributed by atoms with Gasteiger partial charge in [0, 0.05) is 12.1 Å². The topological polar surface area (TPSA) is 47.6 Å². The second kappa shape index (κ2) is 4.84. The third kappa shape index (κ3) is 3.44. The molecule has 0 saturated heterocycles. The van der Waals surface area contributed by atoms with Crippen LogP contribution in [-0.4, -0.2) is 19.6 Å². The molecule has 3 nitrogen and oxygen atoms in total. The minimum Gasteiger partial charge on any atom is -0.385 e. The second-order valence-electron chi connectivity index (χ2n) is 2.51. The largest absolute Gasteiger partial charge is 0.385 e. The van der Waals surface area contributed by atoms with Gasteiger partial charge in [0.1, 0.15) is 12.4 Å². The van der Waals surface area contributed by atoms with Gasteiger partial charge < -0.3 is 10.5 Å². The fraction of sp³-hybridized carbons (Fsp3) is 0.222. The minimum atomic E-state index is 0.336. The molecule has 0 spiro atoms. The Hall–Kier alpha value is -1.06. The normalized spacial score (nSPS) is 11.7. The van der Waals surface area contributed by atoms with Crippen LogP contribution in [0.3, 0.4) is 0 Å². The predicted molar refractivity (Wildman–Crippen MR) is 54.6 cm³/mol. The Morgan fingerprint density at radius 3 is 2.62 bits per heavy atom. The van der Waals surface area contributed by atoms with Gasteiger partial charge in [-0.2, -0.15) is 0 Å². The Bertz CT molecular complexity index is 295. The number of halogens is 1. The van der Waals surface area contributed by atoms with Crippen LogP contribution in [-0.2, 0) is 4.74 Å². The Morgan fingerprint density at radius 1 is 1.46 bits per heavy atom. The van der Waals surface area contributed by atoms with Crippen LogP contribution in [0, 0.1) is 0 Å². The molecule has 2 N–H and O–H groups in total. The van der Waals surface area contributed by atoms with Gasteiger partial charge in [0.2, 0.25) is 0 Å². The van der Waals surface area contributed by atoms with Gasteiger partial charge in [0.25, 0.3) is 0 Å². The molecular formula is C9H11ClN2O. The number of benzene rings is 1. The fourth-order valence-corrected chi connectivity index (χ4v) is 0.988. The summed E-state index contributed by atoms with van der Waals surface area (Å²) in [4.78, 5) is 4.10. The Balaban J connectivity index is 2.73. The van der Waals surface area contributed by atoms with Crippen molar-refractivity contribution < 1.29 is 4.74 Å². The summed E-state index contributed by atoms with van der Waals surface area (Å²) in [5.74, 6) is 0.449. The monoisotopic (exact) mass is 198 g/mol. The standard InChI is InChI=1S/C9H11ClN2O/c1-13-6-9(11)12-8-4-2-7(10)3-5-8/h2-5H,6H2,1H3,(H2,11,12). The molecule has 0 aliphatic carbocycles. The molecular weight excluding hydrogens is 188 g/mol. The Kier molecular flexibility index (Phi) is 3.73. The van der Waals surface area contributed by atoms with E-state index in [1.807, 2.05) is 0 Å². The van der Waals surface area contributed by atoms with Gasteiger partial charge in [-0.1, -0.05) is 11.6 Å². The third-order valence-electron chi connectivity index (χ3n) is 1.39. The molecule has 0 aliphatic rings. The molecule has 70 valence electrons. The first-order valence-corrected chi connectivity index (χ1v) is 4.17. The first kappa shape index (κ1) is 10.0. The molecule has 0 aliphatic heterocycles. The number of aliphatic imine (C=N–C) groups is 1. The molecule has 0 aromatic heterocycles. The molecule has 0 bridgehead atoms. The number of nitrogens with two attached hydrogens (primary N) is 1. The highest BCUT2D eigenvalue weighted by molar-refractivity contribution is 6.30. The molecule has 0 atom stereocenters. The fourth-order valence-electron chi connectivity index (χ4n) is 0.862. The summed E-state index contributed by atoms with van der Waals surface area (Å²) in [6, 6.07) is 7.12. The molecule has 0 radical (unpaired) electrons. The zero-order chi connectivity index (χ0) is 9.68. The number of nitrogens with zero attached hydrogens (tertiary/aromatic N) is 1. The van der Waals surface area contributed by atoms with E-state index in [4.69, 9.17) is 22.1 Å². The lowest BCUT2D eigenvalue weighted by Crippen LogP contribution is -2.17. The highest BCUT2D eigenvalue weighted by atomic mass is 35.5. The lowest BCUT2D eigenvalue weighted by molar-refractivity contribution is 0.244. The number of ether oxygens (including phenoxy) is 1. The number of hydrogen-bond acceptors (Lipinski definition) is 2. The van der Waals surface area contributed by atoms with Crippen molar-refractivity contribution in [2.45, 2.75) is 0 Å². The van der Waals surface area contributed by atoms with Gasteiger partial charge >= 0.3 is 0 Å². The summed E-state index contributed by atoms with van der Waals surface area (Å²) in [5, 5.41) is 0.685. The van der Waals surface area contributed by atoms with E-state index in [9.17, 15) is 0 Å². The molecule has 0 amide bonds. The van der Waals surface area contributed by atoms with E-state index >= 15 is 0 Å². The lowest BCUT2D eigenvalue weighted by Gasteiger charge is -1.98. The maximum atomic E-state index is 5.70. The van der Waals surface area contributed by atoms with Crippen LogP contribution in [0.1, 0.15) is 0 Å². The van der Waals surface area contributed by atoms with Gasteiger partial charge in [-0.05, 0) is 24.3 Å². The molecule has 0 unspecified atom stereocenters. The Morgan fingerprint density at radius 2 is 2.08 bits per heavy atom. The maximum absolute atomic E-state index is 5.70. The number of methoxy groups -OCH3 is 1. The maximum Gasteiger partial charge on any atom is 0.126 e. The summed E-state index contributed by atoms with van der Waals surface area (Å²) >= 11 is 5.70. The summed E-state index contributed by atoms with van der Waals surface area (Å²) in [6.07, 6.45) is 0. The molecule has 0 saturated carbocycles. The molecule has 13 heavy (non-hydrogen) atoms. The van der Waals surface area contributed by atoms with Crippen LogP contribution in [0.4, 0.5) is 5.69 Å². The highest BCUT2D eigenvalue weighted by Crippen LogP contribution is 2.15. The molecule has 0 heterocycles. The zero-order valence-corrected chi connectivity index (χ0v) is 8.08. The van der Waals surface area contributed by atoms with Gasteiger partial charge in [0.05, 0.1) is 5.69 Å². The van der Waals surface area contributed by atoms with Crippen LogP contribution in [0.5, 0.6) is 0 Å². The molecule has 1 aromatic rings. The number of hydrogen-bond donors (Lipinski definition) is 1. The van der Waals surface area contributed by atoms with Crippen molar-refractivity contribution in [1.29, 1.82) is 0 Å². The van der Waals surface area contributed by atoms with E-state index in [-0.39, 0.29) is 0 Å². The second-order valence-corrected chi connectivity index (χ2v) is 2.95. The van der Waals surface area contributed by atoms with E-state index in [1.54, 1.807) is 31.4 Å². The minimum absolute atomic E-state index is 0.336. The van der Waals surface area contributed by atoms with E-state index in [0.29, 0.717) is 17.5 Å². The molecule has 1 aromatic carbocycles. The van der Waals surface area contributed by atoms with Crippen molar-refractivity contribution in [3.05, 3.63) is 29.3 Å². The van der Waals surface area contributed by atoms with Crippen LogP contribution in [0.15, 0.2) is 29.3 Å². The molecule has 4 heteroatoms. The number of amidine groups is 1. The number of rotatable bonds is 3. The van der Waals surface area contributed by atoms with Gasteiger partial charge in [-0.15, -0.1) is 0 Å². The van der Waals surface area contributed by atoms with E-state index in [0.717, 1.165) is 5.69 Å². The first-order valence-electron chi connectivity index (χ1n) is 3.80. The van der Waals surface area contributed by atoms with Crippen molar-refractivity contribution in [3.8, 4) is 0 Å². The van der Waals surface area contributed by atoms with Gasteiger partial charge in [-0.3, -0.25) is 0 Å². The summed E-state index contributed by atoms with van der Waals surface area (Å²) in [6.45, 7) is 0.336. The van der Waals surface area contributed by atoms with Crippen molar-refractivity contribution in [3.63, 3.8) is 0 Å². The Labute approximate surface area is 82.2 Å². The summed E-state index contributed by atoms with van der Waals surface area (Å²) < 4.78 is 4.82. The van der Waals surface area contributed by atoms with E-state index in [2.05, 4.69) is 4.99 Å². The molecule has 0 fully saturated rings. The SMILES string of the molecule is COCC(N)=Nc1ccc(Cl)cc1. The van der Waals surface area contributed by atoms with Crippen molar-refractivity contribution in [2.24, 2.45) is 10.7 Å². The van der Waals surface area contributed by atoms with Crippen molar-refractivity contribution in [2.75, 3.05) is 13.7 Å². The highest BCUT2D eigenvalue weighted by Gasteiger charge is 1.92. The van der Waals surface area contributed by atoms with Crippen LogP contribution in [0.2, 0.25) is 5.02 Å².